The first kappa shape index (κ1) is 15.7. The van der Waals surface area contributed by atoms with Crippen molar-refractivity contribution in [1.29, 1.82) is 0 Å². The van der Waals surface area contributed by atoms with Gasteiger partial charge in [0.25, 0.3) is 0 Å². The Morgan fingerprint density at radius 1 is 1.47 bits per heavy atom. The van der Waals surface area contributed by atoms with Crippen molar-refractivity contribution in [3.63, 3.8) is 0 Å². The van der Waals surface area contributed by atoms with E-state index in [4.69, 9.17) is 10.9 Å². The number of amidine groups is 1. The van der Waals surface area contributed by atoms with E-state index in [0.29, 0.717) is 5.56 Å². The minimum atomic E-state index is -0.443. The summed E-state index contributed by atoms with van der Waals surface area (Å²) < 4.78 is 0. The van der Waals surface area contributed by atoms with Crippen LogP contribution >= 0.6 is 11.8 Å². The second-order valence-electron chi connectivity index (χ2n) is 4.87. The number of hydrogen-bond donors (Lipinski definition) is 3. The van der Waals surface area contributed by atoms with E-state index in [1.54, 1.807) is 0 Å². The van der Waals surface area contributed by atoms with Gasteiger partial charge < -0.3 is 20.9 Å². The van der Waals surface area contributed by atoms with Crippen LogP contribution in [0.5, 0.6) is 0 Å². The molecule has 106 valence electrons. The van der Waals surface area contributed by atoms with Gasteiger partial charge in [-0.3, -0.25) is 0 Å². The molecule has 6 heteroatoms. The van der Waals surface area contributed by atoms with Crippen molar-refractivity contribution >= 4 is 23.3 Å². The molecule has 0 heterocycles. The number of hydrogen-bond acceptors (Lipinski definition) is 5. The van der Waals surface area contributed by atoms with Gasteiger partial charge in [0.2, 0.25) is 0 Å². The lowest BCUT2D eigenvalue weighted by Crippen LogP contribution is -2.45. The number of aliphatic hydroxyl groups is 1. The van der Waals surface area contributed by atoms with Crippen LogP contribution in [0.4, 0.5) is 5.69 Å². The monoisotopic (exact) mass is 283 g/mol. The van der Waals surface area contributed by atoms with Gasteiger partial charge in [0.15, 0.2) is 5.84 Å². The molecule has 5 nitrogen and oxygen atoms in total. The molecule has 0 fully saturated rings. The summed E-state index contributed by atoms with van der Waals surface area (Å²) in [5, 5.41) is 21.6. The number of nitrogens with zero attached hydrogens (tertiary/aromatic N) is 2. The number of nitrogens with two attached hydrogens (primary N) is 1. The Morgan fingerprint density at radius 3 is 2.58 bits per heavy atom. The van der Waals surface area contributed by atoms with Crippen LogP contribution < -0.4 is 10.6 Å². The summed E-state index contributed by atoms with van der Waals surface area (Å²) in [7, 11) is 1.88. The van der Waals surface area contributed by atoms with E-state index in [-0.39, 0.29) is 12.4 Å². The standard InChI is InChI=1S/C13H21N3O2S/c1-13(2,8-17)16(3)9-6-5-7-10(19-4)11(9)12(14)15-18/h5-7,17-18H,8H2,1-4H3,(H2,14,15). The lowest BCUT2D eigenvalue weighted by molar-refractivity contribution is 0.216. The van der Waals surface area contributed by atoms with Gasteiger partial charge in [-0.05, 0) is 32.2 Å². The summed E-state index contributed by atoms with van der Waals surface area (Å²) in [6.45, 7) is 3.85. The van der Waals surface area contributed by atoms with Crippen molar-refractivity contribution in [1.82, 2.24) is 0 Å². The van der Waals surface area contributed by atoms with E-state index in [2.05, 4.69) is 5.16 Å². The Bertz CT molecular complexity index is 475. The maximum absolute atomic E-state index is 9.48. The molecule has 0 aromatic heterocycles. The highest BCUT2D eigenvalue weighted by molar-refractivity contribution is 7.98. The Labute approximate surface area is 118 Å². The molecule has 0 amide bonds. The second kappa shape index (κ2) is 6.16. The van der Waals surface area contributed by atoms with Crippen LogP contribution in [0.3, 0.4) is 0 Å². The fraction of sp³-hybridized carbons (Fsp3) is 0.462. The molecule has 0 aliphatic rings. The van der Waals surface area contributed by atoms with Gasteiger partial charge in [0.05, 0.1) is 17.7 Å². The van der Waals surface area contributed by atoms with Crippen LogP contribution in [0.1, 0.15) is 19.4 Å². The third kappa shape index (κ3) is 3.13. The summed E-state index contributed by atoms with van der Waals surface area (Å²) in [6, 6.07) is 5.73. The number of thioether (sulfide) groups is 1. The highest BCUT2D eigenvalue weighted by atomic mass is 32.2. The number of aliphatic hydroxyl groups excluding tert-OH is 1. The first-order valence-corrected chi connectivity index (χ1v) is 7.11. The Morgan fingerprint density at radius 2 is 2.11 bits per heavy atom. The third-order valence-electron chi connectivity index (χ3n) is 3.24. The smallest absolute Gasteiger partial charge is 0.173 e. The van der Waals surface area contributed by atoms with Crippen LogP contribution in [0.25, 0.3) is 0 Å². The average Bonchev–Trinajstić information content (AvgIpc) is 2.44. The minimum Gasteiger partial charge on any atom is -0.409 e. The topological polar surface area (TPSA) is 82.1 Å². The first-order chi connectivity index (χ1) is 8.88. The zero-order valence-electron chi connectivity index (χ0n) is 11.7. The predicted molar refractivity (Wildman–Crippen MR) is 80.3 cm³/mol. The van der Waals surface area contributed by atoms with Crippen molar-refractivity contribution in [2.75, 3.05) is 24.8 Å². The molecule has 0 radical (unpaired) electrons. The van der Waals surface area contributed by atoms with Crippen LogP contribution in [-0.4, -0.2) is 41.6 Å². The molecular formula is C13H21N3O2S. The summed E-state index contributed by atoms with van der Waals surface area (Å²) in [4.78, 5) is 2.86. The van der Waals surface area contributed by atoms with E-state index < -0.39 is 5.54 Å². The molecule has 0 aliphatic carbocycles. The molecule has 0 aliphatic heterocycles. The zero-order chi connectivity index (χ0) is 14.6. The summed E-state index contributed by atoms with van der Waals surface area (Å²) in [5.74, 6) is 0.0699. The van der Waals surface area contributed by atoms with Crippen molar-refractivity contribution < 1.29 is 10.3 Å². The maximum atomic E-state index is 9.48. The van der Waals surface area contributed by atoms with Gasteiger partial charge in [-0.15, -0.1) is 11.8 Å². The van der Waals surface area contributed by atoms with Gasteiger partial charge >= 0.3 is 0 Å². The SMILES string of the molecule is CSc1cccc(N(C)C(C)(C)CO)c1/C(N)=N/O. The predicted octanol–water partition coefficient (Wildman–Crippen LogP) is 1.71. The number of anilines is 1. The molecule has 4 N–H and O–H groups in total. The van der Waals surface area contributed by atoms with Crippen molar-refractivity contribution in [2.45, 2.75) is 24.3 Å². The molecule has 1 rings (SSSR count). The minimum absolute atomic E-state index is 0.00259. The van der Waals surface area contributed by atoms with Crippen LogP contribution in [0, 0.1) is 0 Å². The molecular weight excluding hydrogens is 262 g/mol. The largest absolute Gasteiger partial charge is 0.409 e. The fourth-order valence-corrected chi connectivity index (χ4v) is 2.34. The number of oxime groups is 1. The Balaban J connectivity index is 3.43. The summed E-state index contributed by atoms with van der Waals surface area (Å²) in [6.07, 6.45) is 1.93. The number of likely N-dealkylation sites (N-methyl/N-ethyl adjacent to an activating group) is 1. The van der Waals surface area contributed by atoms with Gasteiger partial charge in [0, 0.05) is 17.6 Å². The fourth-order valence-electron chi connectivity index (χ4n) is 1.71. The van der Waals surface area contributed by atoms with E-state index in [1.165, 1.54) is 11.8 Å². The lowest BCUT2D eigenvalue weighted by atomic mass is 10.0. The van der Waals surface area contributed by atoms with E-state index in [0.717, 1.165) is 10.6 Å². The molecule has 0 unspecified atom stereocenters. The van der Waals surface area contributed by atoms with Crippen molar-refractivity contribution in [3.8, 4) is 0 Å². The molecule has 1 aromatic rings. The highest BCUT2D eigenvalue weighted by Crippen LogP contribution is 2.32. The van der Waals surface area contributed by atoms with Crippen LogP contribution in [0.15, 0.2) is 28.3 Å². The van der Waals surface area contributed by atoms with E-state index in [1.807, 2.05) is 50.2 Å². The molecule has 0 spiro atoms. The first-order valence-electron chi connectivity index (χ1n) is 5.88. The molecule has 0 saturated heterocycles. The van der Waals surface area contributed by atoms with Gasteiger partial charge in [-0.25, -0.2) is 0 Å². The summed E-state index contributed by atoms with van der Waals surface area (Å²) in [5.41, 5.74) is 6.85. The molecule has 0 bridgehead atoms. The zero-order valence-corrected chi connectivity index (χ0v) is 12.5. The average molecular weight is 283 g/mol. The lowest BCUT2D eigenvalue weighted by Gasteiger charge is -2.37. The Hall–Kier alpha value is -1.40. The number of rotatable bonds is 5. The van der Waals surface area contributed by atoms with Crippen LogP contribution in [-0.2, 0) is 0 Å². The van der Waals surface area contributed by atoms with Crippen molar-refractivity contribution in [2.24, 2.45) is 10.9 Å². The molecule has 0 saturated carbocycles. The number of benzene rings is 1. The molecule has 0 atom stereocenters. The van der Waals surface area contributed by atoms with Gasteiger partial charge in [-0.2, -0.15) is 0 Å². The van der Waals surface area contributed by atoms with Gasteiger partial charge in [0.1, 0.15) is 0 Å². The summed E-state index contributed by atoms with van der Waals surface area (Å²) >= 11 is 1.53. The van der Waals surface area contributed by atoms with Crippen LogP contribution in [0.2, 0.25) is 0 Å². The maximum Gasteiger partial charge on any atom is 0.173 e. The third-order valence-corrected chi connectivity index (χ3v) is 4.02. The second-order valence-corrected chi connectivity index (χ2v) is 5.72. The van der Waals surface area contributed by atoms with Crippen molar-refractivity contribution in [3.05, 3.63) is 23.8 Å². The normalized spacial score (nSPS) is 12.6. The van der Waals surface area contributed by atoms with E-state index in [9.17, 15) is 5.11 Å². The molecule has 19 heavy (non-hydrogen) atoms. The highest BCUT2D eigenvalue weighted by Gasteiger charge is 2.26. The van der Waals surface area contributed by atoms with Gasteiger partial charge in [-0.1, -0.05) is 11.2 Å². The molecule has 1 aromatic carbocycles. The van der Waals surface area contributed by atoms with E-state index >= 15 is 0 Å². The Kier molecular flexibility index (Phi) is 5.08. The quantitative estimate of drug-likeness (QED) is 0.252.